The number of nitrogens with one attached hydrogen (secondary N) is 2. The van der Waals surface area contributed by atoms with E-state index in [1.54, 1.807) is 0 Å². The number of phenolic OH excluding ortho intramolecular Hbond substituents is 2. The van der Waals surface area contributed by atoms with Crippen molar-refractivity contribution in [2.75, 3.05) is 65.4 Å². The first-order chi connectivity index (χ1) is 19.5. The first-order valence-corrected chi connectivity index (χ1v) is 15.0. The minimum atomic E-state index is 0.344. The highest BCUT2D eigenvalue weighted by Crippen LogP contribution is 2.26. The minimum Gasteiger partial charge on any atom is -0.507 e. The molecule has 1 fully saturated rings. The van der Waals surface area contributed by atoms with Gasteiger partial charge in [-0.1, -0.05) is 12.1 Å². The molecule has 5 rings (SSSR count). The lowest BCUT2D eigenvalue weighted by Crippen LogP contribution is -2.38. The monoisotopic (exact) mass is 548 g/mol. The van der Waals surface area contributed by atoms with Crippen LogP contribution in [-0.4, -0.2) is 97.9 Å². The summed E-state index contributed by atoms with van der Waals surface area (Å²) in [7, 11) is 0. The Balaban J connectivity index is 1.57. The predicted molar refractivity (Wildman–Crippen MR) is 165 cm³/mol. The molecule has 0 spiro atoms. The van der Waals surface area contributed by atoms with Crippen LogP contribution in [-0.2, 0) is 13.1 Å². The molecule has 2 unspecified atom stereocenters. The third-order valence-corrected chi connectivity index (χ3v) is 7.66. The van der Waals surface area contributed by atoms with E-state index >= 15 is 0 Å². The first kappa shape index (κ1) is 30.2. The Morgan fingerprint density at radius 2 is 1.05 bits per heavy atom. The Morgan fingerprint density at radius 3 is 1.50 bits per heavy atom. The van der Waals surface area contributed by atoms with Gasteiger partial charge in [0.1, 0.15) is 11.5 Å². The van der Waals surface area contributed by atoms with Crippen molar-refractivity contribution in [1.29, 1.82) is 0 Å². The van der Waals surface area contributed by atoms with E-state index in [2.05, 4.69) is 56.4 Å². The molecule has 0 saturated carbocycles. The van der Waals surface area contributed by atoms with Crippen LogP contribution in [0.4, 0.5) is 0 Å². The molecule has 218 valence electrons. The molecule has 3 aliphatic rings. The molecule has 40 heavy (non-hydrogen) atoms. The fourth-order valence-corrected chi connectivity index (χ4v) is 5.54. The molecule has 8 heteroatoms. The highest BCUT2D eigenvalue weighted by atomic mass is 16.3. The third kappa shape index (κ3) is 9.41. The summed E-state index contributed by atoms with van der Waals surface area (Å²) in [6, 6.07) is 8.23. The summed E-state index contributed by atoms with van der Waals surface area (Å²) in [6.07, 6.45) is 7.56. The molecule has 0 aromatic heterocycles. The zero-order valence-corrected chi connectivity index (χ0v) is 24.5. The van der Waals surface area contributed by atoms with Gasteiger partial charge in [-0.15, -0.1) is 0 Å². The number of nitrogens with zero attached hydrogens (tertiary/aromatic N) is 4. The van der Waals surface area contributed by atoms with Crippen molar-refractivity contribution in [1.82, 2.24) is 20.4 Å². The second-order valence-electron chi connectivity index (χ2n) is 11.3. The molecule has 3 heterocycles. The van der Waals surface area contributed by atoms with E-state index in [1.807, 2.05) is 24.6 Å². The maximum atomic E-state index is 11.1. The fraction of sp³-hybridized carbons (Fsp3) is 0.562. The van der Waals surface area contributed by atoms with Gasteiger partial charge in [0, 0.05) is 87.0 Å². The Kier molecular flexibility index (Phi) is 12.0. The summed E-state index contributed by atoms with van der Waals surface area (Å²) in [5, 5.41) is 29.4. The zero-order valence-electron chi connectivity index (χ0n) is 24.5. The average Bonchev–Trinajstić information content (AvgIpc) is 2.92. The summed E-state index contributed by atoms with van der Waals surface area (Å²) in [5.41, 5.74) is 5.80. The smallest absolute Gasteiger partial charge is 0.128 e. The van der Waals surface area contributed by atoms with Gasteiger partial charge in [-0.05, 0) is 89.0 Å². The quantitative estimate of drug-likeness (QED) is 0.402. The number of aryl methyl sites for hydroxylation is 2. The van der Waals surface area contributed by atoms with Crippen LogP contribution in [0.2, 0.25) is 0 Å². The molecular weight excluding hydrogens is 500 g/mol. The molecule has 6 bridgehead atoms. The van der Waals surface area contributed by atoms with Crippen LogP contribution in [0, 0.1) is 13.8 Å². The van der Waals surface area contributed by atoms with Gasteiger partial charge in [0.2, 0.25) is 0 Å². The number of phenols is 2. The van der Waals surface area contributed by atoms with Crippen LogP contribution in [0.5, 0.6) is 11.5 Å². The van der Waals surface area contributed by atoms with Crippen LogP contribution in [0.3, 0.4) is 0 Å². The summed E-state index contributed by atoms with van der Waals surface area (Å²) in [4.78, 5) is 14.1. The zero-order chi connectivity index (χ0) is 28.2. The van der Waals surface area contributed by atoms with Crippen molar-refractivity contribution in [3.8, 4) is 11.5 Å². The number of fused-ring (bicyclic) bond motifs is 15. The SMILES string of the molecule is Cc1cc2c(O)c(c1)CN1CCCNCCN(CCCNCC1)Cc1cc(C)cc(c1O)C=NCCCCN=C2. The second-order valence-corrected chi connectivity index (χ2v) is 11.3. The van der Waals surface area contributed by atoms with Gasteiger partial charge < -0.3 is 20.8 Å². The number of hydrogen-bond acceptors (Lipinski definition) is 8. The number of rotatable bonds is 0. The molecule has 3 aliphatic heterocycles. The first-order valence-electron chi connectivity index (χ1n) is 15.0. The summed E-state index contributed by atoms with van der Waals surface area (Å²) >= 11 is 0. The standard InChI is InChI=1S/C32H48N6O2/c1-25-17-27-21-35-7-3-4-8-36-22-28-18-26(2)20-30(32(28)40)24-38-14-6-10-33-11-15-37(13-5-9-34-12-16-38)23-29(19-25)31(27)39/h17-22,33-34,39-40H,3-16,23-24H2,1-2H3. The molecule has 2 aromatic rings. The number of benzene rings is 2. The lowest BCUT2D eigenvalue weighted by molar-refractivity contribution is 0.238. The normalized spacial score (nSPS) is 22.4. The highest BCUT2D eigenvalue weighted by molar-refractivity contribution is 5.85. The van der Waals surface area contributed by atoms with Gasteiger partial charge in [0.25, 0.3) is 0 Å². The van der Waals surface area contributed by atoms with Crippen molar-refractivity contribution >= 4 is 12.4 Å². The van der Waals surface area contributed by atoms with Gasteiger partial charge >= 0.3 is 0 Å². The van der Waals surface area contributed by atoms with Gasteiger partial charge in [0.05, 0.1) is 0 Å². The molecule has 2 aromatic carbocycles. The summed E-state index contributed by atoms with van der Waals surface area (Å²) < 4.78 is 0. The van der Waals surface area contributed by atoms with Gasteiger partial charge in [0.15, 0.2) is 0 Å². The molecule has 4 N–H and O–H groups in total. The predicted octanol–water partition coefficient (Wildman–Crippen LogP) is 3.62. The average molecular weight is 549 g/mol. The summed E-state index contributed by atoms with van der Waals surface area (Å²) in [5.74, 6) is 0.688. The van der Waals surface area contributed by atoms with Crippen molar-refractivity contribution in [2.45, 2.75) is 52.6 Å². The maximum Gasteiger partial charge on any atom is 0.128 e. The number of aromatic hydroxyl groups is 2. The van der Waals surface area contributed by atoms with Crippen LogP contribution in [0.1, 0.15) is 59.1 Å². The highest BCUT2D eigenvalue weighted by Gasteiger charge is 2.15. The van der Waals surface area contributed by atoms with Crippen LogP contribution in [0.15, 0.2) is 34.3 Å². The second kappa shape index (κ2) is 15.9. The summed E-state index contributed by atoms with van der Waals surface area (Å²) in [6.45, 7) is 14.5. The Hall–Kier alpha value is -2.78. The van der Waals surface area contributed by atoms with Crippen molar-refractivity contribution < 1.29 is 10.2 Å². The van der Waals surface area contributed by atoms with E-state index in [4.69, 9.17) is 0 Å². The van der Waals surface area contributed by atoms with Gasteiger partial charge in [-0.25, -0.2) is 0 Å². The van der Waals surface area contributed by atoms with Gasteiger partial charge in [-0.2, -0.15) is 0 Å². The molecule has 1 saturated heterocycles. The van der Waals surface area contributed by atoms with E-state index in [1.165, 1.54) is 0 Å². The molecule has 0 amide bonds. The van der Waals surface area contributed by atoms with E-state index < -0.39 is 0 Å². The van der Waals surface area contributed by atoms with Crippen molar-refractivity contribution in [2.24, 2.45) is 9.98 Å². The van der Waals surface area contributed by atoms with Crippen LogP contribution in [0.25, 0.3) is 0 Å². The van der Waals surface area contributed by atoms with E-state index in [0.29, 0.717) is 24.6 Å². The van der Waals surface area contributed by atoms with Crippen molar-refractivity contribution in [3.05, 3.63) is 57.6 Å². The maximum absolute atomic E-state index is 11.1. The van der Waals surface area contributed by atoms with Crippen LogP contribution < -0.4 is 10.6 Å². The van der Waals surface area contributed by atoms with E-state index in [9.17, 15) is 10.2 Å². The number of hydrogen-bond donors (Lipinski definition) is 4. The Bertz CT molecular complexity index is 1040. The third-order valence-electron chi connectivity index (χ3n) is 7.66. The van der Waals surface area contributed by atoms with E-state index in [0.717, 1.165) is 125 Å². The lowest BCUT2D eigenvalue weighted by atomic mass is 10.0. The molecular formula is C32H48N6O2. The Labute approximate surface area is 240 Å². The van der Waals surface area contributed by atoms with E-state index in [-0.39, 0.29) is 0 Å². The number of aliphatic imine (C=N–C) groups is 2. The molecule has 2 atom stereocenters. The molecule has 0 radical (unpaired) electrons. The topological polar surface area (TPSA) is 95.7 Å². The molecule has 0 aliphatic carbocycles. The lowest BCUT2D eigenvalue weighted by Gasteiger charge is -2.26. The van der Waals surface area contributed by atoms with Crippen molar-refractivity contribution in [3.63, 3.8) is 0 Å². The largest absolute Gasteiger partial charge is 0.507 e. The van der Waals surface area contributed by atoms with Crippen LogP contribution >= 0.6 is 0 Å². The van der Waals surface area contributed by atoms with Gasteiger partial charge in [-0.3, -0.25) is 19.8 Å². The molecule has 8 nitrogen and oxygen atoms in total. The Morgan fingerprint density at radius 1 is 0.600 bits per heavy atom. The fourth-order valence-electron chi connectivity index (χ4n) is 5.54. The minimum absolute atomic E-state index is 0.344.